The molecular weight excluding hydrogens is 268 g/mol. The van der Waals surface area contributed by atoms with Crippen LogP contribution in [0.5, 0.6) is 0 Å². The summed E-state index contributed by atoms with van der Waals surface area (Å²) in [6.45, 7) is -0.0167. The Morgan fingerprint density at radius 2 is 1.88 bits per heavy atom. The van der Waals surface area contributed by atoms with Crippen molar-refractivity contribution in [2.45, 2.75) is 13.0 Å². The van der Waals surface area contributed by atoms with Crippen LogP contribution in [0.1, 0.15) is 17.0 Å². The van der Waals surface area contributed by atoms with Gasteiger partial charge in [-0.25, -0.2) is 9.97 Å². The molecule has 0 aliphatic rings. The molecule has 0 amide bonds. The average molecular weight is 279 g/mol. The molecule has 0 aliphatic carbocycles. The van der Waals surface area contributed by atoms with Gasteiger partial charge < -0.3 is 5.11 Å². The van der Waals surface area contributed by atoms with Crippen LogP contribution in [0.2, 0.25) is 0 Å². The maximum absolute atomic E-state index is 8.87. The first-order chi connectivity index (χ1) is 7.78. The van der Waals surface area contributed by atoms with Crippen molar-refractivity contribution in [2.75, 3.05) is 0 Å². The molecule has 1 aromatic carbocycles. The minimum Gasteiger partial charge on any atom is -0.392 e. The number of aromatic nitrogens is 2. The molecule has 0 fully saturated rings. The molecule has 1 N–H and O–H groups in total. The molecule has 0 spiro atoms. The lowest BCUT2D eigenvalue weighted by molar-refractivity contribution is 0.280. The maximum Gasteiger partial charge on any atom is 0.132 e. The Morgan fingerprint density at radius 3 is 2.50 bits per heavy atom. The summed E-state index contributed by atoms with van der Waals surface area (Å²) < 4.78 is 1.05. The van der Waals surface area contributed by atoms with Gasteiger partial charge in [-0.3, -0.25) is 0 Å². The van der Waals surface area contributed by atoms with Crippen molar-refractivity contribution in [1.29, 1.82) is 0 Å². The van der Waals surface area contributed by atoms with Crippen LogP contribution in [0.4, 0.5) is 0 Å². The van der Waals surface area contributed by atoms with Crippen LogP contribution in [0.15, 0.2) is 41.1 Å². The summed E-state index contributed by atoms with van der Waals surface area (Å²) in [5, 5.41) is 8.87. The molecule has 16 heavy (non-hydrogen) atoms. The van der Waals surface area contributed by atoms with Crippen LogP contribution >= 0.6 is 15.9 Å². The maximum atomic E-state index is 8.87. The first-order valence-corrected chi connectivity index (χ1v) is 5.72. The van der Waals surface area contributed by atoms with Crippen LogP contribution in [0, 0.1) is 0 Å². The fraction of sp³-hybridized carbons (Fsp3) is 0.167. The van der Waals surface area contributed by atoms with Crippen LogP contribution in [0.25, 0.3) is 0 Å². The monoisotopic (exact) mass is 278 g/mol. The molecule has 1 aromatic heterocycles. The SMILES string of the molecule is OCc1cnc(Cc2cccc(Br)c2)nc1. The summed E-state index contributed by atoms with van der Waals surface area (Å²) in [6, 6.07) is 8.05. The zero-order chi connectivity index (χ0) is 11.4. The number of halogens is 1. The van der Waals surface area contributed by atoms with Crippen molar-refractivity contribution < 1.29 is 5.11 Å². The van der Waals surface area contributed by atoms with E-state index in [0.717, 1.165) is 21.4 Å². The highest BCUT2D eigenvalue weighted by Gasteiger charge is 2.00. The van der Waals surface area contributed by atoms with Crippen LogP contribution in [-0.4, -0.2) is 15.1 Å². The molecule has 0 aliphatic heterocycles. The van der Waals surface area contributed by atoms with Crippen LogP contribution in [0.3, 0.4) is 0 Å². The smallest absolute Gasteiger partial charge is 0.132 e. The number of hydrogen-bond acceptors (Lipinski definition) is 3. The van der Waals surface area contributed by atoms with Crippen molar-refractivity contribution in [3.63, 3.8) is 0 Å². The van der Waals surface area contributed by atoms with Crippen LogP contribution in [-0.2, 0) is 13.0 Å². The van der Waals surface area contributed by atoms with E-state index in [1.807, 2.05) is 24.3 Å². The van der Waals surface area contributed by atoms with Crippen molar-refractivity contribution >= 4 is 15.9 Å². The highest BCUT2D eigenvalue weighted by Crippen LogP contribution is 2.13. The standard InChI is InChI=1S/C12H11BrN2O/c13-11-3-1-2-9(4-11)5-12-14-6-10(8-16)7-15-12/h1-4,6-7,16H,5,8H2. The zero-order valence-corrected chi connectivity index (χ0v) is 10.2. The fourth-order valence-corrected chi connectivity index (χ4v) is 1.83. The molecule has 4 heteroatoms. The van der Waals surface area contributed by atoms with Gasteiger partial charge in [0, 0.05) is 28.9 Å². The Bertz CT molecular complexity index is 471. The van der Waals surface area contributed by atoms with Gasteiger partial charge in [0.1, 0.15) is 5.82 Å². The summed E-state index contributed by atoms with van der Waals surface area (Å²) in [7, 11) is 0. The summed E-state index contributed by atoms with van der Waals surface area (Å²) >= 11 is 3.42. The average Bonchev–Trinajstić information content (AvgIpc) is 2.30. The van der Waals surface area contributed by atoms with E-state index in [1.165, 1.54) is 0 Å². The Hall–Kier alpha value is -1.26. The van der Waals surface area contributed by atoms with Gasteiger partial charge in [-0.1, -0.05) is 28.1 Å². The number of aliphatic hydroxyl groups excluding tert-OH is 1. The third kappa shape index (κ3) is 2.87. The van der Waals surface area contributed by atoms with E-state index in [9.17, 15) is 0 Å². The molecule has 0 unspecified atom stereocenters. The van der Waals surface area contributed by atoms with Crippen molar-refractivity contribution in [1.82, 2.24) is 9.97 Å². The first-order valence-electron chi connectivity index (χ1n) is 4.93. The van der Waals surface area contributed by atoms with E-state index < -0.39 is 0 Å². The van der Waals surface area contributed by atoms with E-state index in [-0.39, 0.29) is 6.61 Å². The molecule has 3 nitrogen and oxygen atoms in total. The largest absolute Gasteiger partial charge is 0.392 e. The van der Waals surface area contributed by atoms with Crippen LogP contribution < -0.4 is 0 Å². The minimum absolute atomic E-state index is 0.0167. The third-order valence-corrected chi connectivity index (χ3v) is 2.69. The van der Waals surface area contributed by atoms with Crippen molar-refractivity contribution in [2.24, 2.45) is 0 Å². The predicted molar refractivity (Wildman–Crippen MR) is 64.9 cm³/mol. The quantitative estimate of drug-likeness (QED) is 0.937. The lowest BCUT2D eigenvalue weighted by Crippen LogP contribution is -1.97. The van der Waals surface area contributed by atoms with Crippen molar-refractivity contribution in [3.05, 3.63) is 58.1 Å². The molecule has 2 rings (SSSR count). The minimum atomic E-state index is -0.0167. The Balaban J connectivity index is 2.14. The highest BCUT2D eigenvalue weighted by molar-refractivity contribution is 9.10. The van der Waals surface area contributed by atoms with E-state index in [4.69, 9.17) is 5.11 Å². The van der Waals surface area contributed by atoms with Gasteiger partial charge in [0.05, 0.1) is 6.61 Å². The topological polar surface area (TPSA) is 46.0 Å². The van der Waals surface area contributed by atoms with E-state index >= 15 is 0 Å². The number of hydrogen-bond donors (Lipinski definition) is 1. The third-order valence-electron chi connectivity index (χ3n) is 2.19. The number of aliphatic hydroxyl groups is 1. The van der Waals surface area contributed by atoms with Gasteiger partial charge >= 0.3 is 0 Å². The Labute approximate surface area is 102 Å². The summed E-state index contributed by atoms with van der Waals surface area (Å²) in [6.07, 6.45) is 4.01. The van der Waals surface area contributed by atoms with Gasteiger partial charge in [0.25, 0.3) is 0 Å². The normalized spacial score (nSPS) is 10.4. The van der Waals surface area contributed by atoms with Gasteiger partial charge in [-0.05, 0) is 17.7 Å². The molecule has 0 atom stereocenters. The van der Waals surface area contributed by atoms with Gasteiger partial charge in [0.2, 0.25) is 0 Å². The second-order valence-corrected chi connectivity index (χ2v) is 4.39. The molecule has 1 heterocycles. The summed E-state index contributed by atoms with van der Waals surface area (Å²) in [4.78, 5) is 8.38. The van der Waals surface area contributed by atoms with Gasteiger partial charge in [-0.15, -0.1) is 0 Å². The summed E-state index contributed by atoms with van der Waals surface area (Å²) in [5.41, 5.74) is 1.89. The lowest BCUT2D eigenvalue weighted by Gasteiger charge is -2.01. The fourth-order valence-electron chi connectivity index (χ4n) is 1.38. The van der Waals surface area contributed by atoms with Gasteiger partial charge in [-0.2, -0.15) is 0 Å². The summed E-state index contributed by atoms with van der Waals surface area (Å²) in [5.74, 6) is 0.760. The lowest BCUT2D eigenvalue weighted by atomic mass is 10.1. The molecule has 0 saturated carbocycles. The van der Waals surface area contributed by atoms with E-state index in [2.05, 4.69) is 25.9 Å². The highest BCUT2D eigenvalue weighted by atomic mass is 79.9. The van der Waals surface area contributed by atoms with Gasteiger partial charge in [0.15, 0.2) is 0 Å². The number of benzene rings is 1. The predicted octanol–water partition coefficient (Wildman–Crippen LogP) is 2.32. The Morgan fingerprint density at radius 1 is 1.12 bits per heavy atom. The first kappa shape index (κ1) is 11.2. The molecule has 2 aromatic rings. The second-order valence-electron chi connectivity index (χ2n) is 3.47. The molecule has 0 saturated heterocycles. The second kappa shape index (κ2) is 5.18. The molecule has 0 bridgehead atoms. The zero-order valence-electron chi connectivity index (χ0n) is 8.60. The van der Waals surface area contributed by atoms with Crippen molar-refractivity contribution in [3.8, 4) is 0 Å². The Kier molecular flexibility index (Phi) is 3.64. The number of nitrogens with zero attached hydrogens (tertiary/aromatic N) is 2. The molecule has 0 radical (unpaired) electrons. The van der Waals surface area contributed by atoms with E-state index in [0.29, 0.717) is 6.42 Å². The molecular formula is C12H11BrN2O. The number of rotatable bonds is 3. The van der Waals surface area contributed by atoms with E-state index in [1.54, 1.807) is 12.4 Å². The molecule has 82 valence electrons.